The molecule has 1 saturated carbocycles. The number of amides is 2. The number of hydrogen-bond donors (Lipinski definition) is 0. The van der Waals surface area contributed by atoms with Gasteiger partial charge in [0.1, 0.15) is 0 Å². The zero-order valence-electron chi connectivity index (χ0n) is 23.1. The quantitative estimate of drug-likeness (QED) is 0.484. The summed E-state index contributed by atoms with van der Waals surface area (Å²) in [4.78, 5) is 41.8. The summed E-state index contributed by atoms with van der Waals surface area (Å²) in [5, 5.41) is 0. The first-order valence-electron chi connectivity index (χ1n) is 13.5. The number of nitrogens with zero attached hydrogens (tertiary/aromatic N) is 3. The van der Waals surface area contributed by atoms with Gasteiger partial charge < -0.3 is 19.1 Å². The molecule has 1 aromatic heterocycles. The maximum atomic E-state index is 14.0. The fourth-order valence-corrected chi connectivity index (χ4v) is 6.43. The molecule has 0 aromatic carbocycles. The number of aromatic nitrogens is 1. The molecule has 2 aliphatic heterocycles. The van der Waals surface area contributed by atoms with Gasteiger partial charge in [-0.2, -0.15) is 26.3 Å². The molecule has 7 nitrogen and oxygen atoms in total. The van der Waals surface area contributed by atoms with E-state index in [9.17, 15) is 40.7 Å². The zero-order valence-corrected chi connectivity index (χ0v) is 23.1. The van der Waals surface area contributed by atoms with Crippen LogP contribution in [0.25, 0.3) is 0 Å². The number of carbonyl (C=O) groups excluding carboxylic acids is 2. The lowest BCUT2D eigenvalue weighted by atomic mass is 9.74. The van der Waals surface area contributed by atoms with E-state index in [0.29, 0.717) is 45.6 Å². The number of aryl methyl sites for hydroxylation is 1. The summed E-state index contributed by atoms with van der Waals surface area (Å²) in [5.41, 5.74) is 0.628. The summed E-state index contributed by atoms with van der Waals surface area (Å²) in [5.74, 6) is -2.26. The van der Waals surface area contributed by atoms with Gasteiger partial charge in [-0.25, -0.2) is 0 Å². The van der Waals surface area contributed by atoms with E-state index < -0.39 is 36.3 Å². The topological polar surface area (TPSA) is 71.9 Å². The highest BCUT2D eigenvalue weighted by Gasteiger charge is 2.55. The fourth-order valence-electron chi connectivity index (χ4n) is 6.43. The van der Waals surface area contributed by atoms with Crippen LogP contribution in [0.4, 0.5) is 26.3 Å². The molecule has 226 valence electrons. The third kappa shape index (κ3) is 6.83. The molecule has 2 fully saturated rings. The Kier molecular flexibility index (Phi) is 10.0. The highest BCUT2D eigenvalue weighted by atomic mass is 19.4. The second-order valence-electron chi connectivity index (χ2n) is 11.3. The van der Waals surface area contributed by atoms with Crippen molar-refractivity contribution in [2.24, 2.45) is 17.3 Å². The monoisotopic (exact) mass is 581 g/mol. The van der Waals surface area contributed by atoms with Crippen LogP contribution < -0.4 is 5.56 Å². The molecule has 0 spiro atoms. The smallest absolute Gasteiger partial charge is 0.381 e. The van der Waals surface area contributed by atoms with Gasteiger partial charge in [-0.3, -0.25) is 14.4 Å². The van der Waals surface area contributed by atoms with Crippen LogP contribution in [0.5, 0.6) is 0 Å². The van der Waals surface area contributed by atoms with E-state index in [0.717, 1.165) is 16.2 Å². The molecule has 4 atom stereocenters. The highest BCUT2D eigenvalue weighted by molar-refractivity contribution is 5.85. The van der Waals surface area contributed by atoms with Crippen LogP contribution in [0.1, 0.15) is 57.7 Å². The minimum absolute atomic E-state index is 0.0940. The Morgan fingerprint density at radius 3 is 2.35 bits per heavy atom. The van der Waals surface area contributed by atoms with Crippen LogP contribution in [0.3, 0.4) is 0 Å². The molecule has 40 heavy (non-hydrogen) atoms. The van der Waals surface area contributed by atoms with E-state index in [2.05, 4.69) is 0 Å². The van der Waals surface area contributed by atoms with Crippen molar-refractivity contribution < 1.29 is 40.7 Å². The van der Waals surface area contributed by atoms with E-state index in [1.165, 1.54) is 0 Å². The second kappa shape index (κ2) is 12.5. The van der Waals surface area contributed by atoms with E-state index in [1.807, 2.05) is 33.8 Å². The molecular formula is C27H37F6N3O4. The molecule has 1 saturated heterocycles. The Morgan fingerprint density at radius 2 is 1.77 bits per heavy atom. The average molecular weight is 582 g/mol. The molecule has 3 aliphatic rings. The van der Waals surface area contributed by atoms with Gasteiger partial charge in [-0.1, -0.05) is 20.8 Å². The normalized spacial score (nSPS) is 26.8. The third-order valence-electron chi connectivity index (χ3n) is 8.47. The van der Waals surface area contributed by atoms with Gasteiger partial charge in [0.25, 0.3) is 5.56 Å². The average Bonchev–Trinajstić information content (AvgIpc) is 3.30. The number of hydrogen-bond acceptors (Lipinski definition) is 4. The highest BCUT2D eigenvalue weighted by Crippen LogP contribution is 2.49. The van der Waals surface area contributed by atoms with Crippen LogP contribution in [0.2, 0.25) is 0 Å². The van der Waals surface area contributed by atoms with Crippen LogP contribution >= 0.6 is 0 Å². The predicted molar refractivity (Wildman–Crippen MR) is 134 cm³/mol. The van der Waals surface area contributed by atoms with Gasteiger partial charge in [0, 0.05) is 49.5 Å². The van der Waals surface area contributed by atoms with Gasteiger partial charge in [0.05, 0.1) is 18.6 Å². The molecule has 0 bridgehead atoms. The number of rotatable bonds is 4. The predicted octanol–water partition coefficient (Wildman–Crippen LogP) is 4.69. The zero-order chi connectivity index (χ0) is 30.0. The Labute approximate surface area is 229 Å². The number of pyridine rings is 1. The van der Waals surface area contributed by atoms with Crippen molar-refractivity contribution in [2.75, 3.05) is 19.8 Å². The molecule has 1 aliphatic carbocycles. The molecule has 2 unspecified atom stereocenters. The van der Waals surface area contributed by atoms with Crippen molar-refractivity contribution >= 4 is 11.8 Å². The van der Waals surface area contributed by atoms with Crippen LogP contribution in [-0.2, 0) is 27.4 Å². The molecule has 2 amide bonds. The summed E-state index contributed by atoms with van der Waals surface area (Å²) < 4.78 is 77.2. The van der Waals surface area contributed by atoms with Gasteiger partial charge in [0.15, 0.2) is 0 Å². The van der Waals surface area contributed by atoms with Crippen LogP contribution in [0, 0.1) is 24.2 Å². The van der Waals surface area contributed by atoms with Crippen molar-refractivity contribution in [3.05, 3.63) is 33.7 Å². The maximum absolute atomic E-state index is 14.0. The first kappa shape index (κ1) is 32.0. The van der Waals surface area contributed by atoms with Gasteiger partial charge >= 0.3 is 18.8 Å². The van der Waals surface area contributed by atoms with Crippen molar-refractivity contribution in [2.45, 2.75) is 91.4 Å². The SMILES string of the molecule is Cc1cc2n(c(=O)c1)CCN(C(=O)[C@@]1(C(C)C)CC[C@@H](N(C(=O)C(F)(F)F)C3CCOCC3C)C1)C2.FC(F)F. The van der Waals surface area contributed by atoms with E-state index in [1.54, 1.807) is 15.5 Å². The summed E-state index contributed by atoms with van der Waals surface area (Å²) >= 11 is 0. The van der Waals surface area contributed by atoms with Crippen molar-refractivity contribution in [3.8, 4) is 0 Å². The molecule has 4 rings (SSSR count). The van der Waals surface area contributed by atoms with Crippen molar-refractivity contribution in [3.63, 3.8) is 0 Å². The minimum atomic E-state index is -4.98. The number of fused-ring (bicyclic) bond motifs is 1. The number of alkyl halides is 6. The lowest BCUT2D eigenvalue weighted by Gasteiger charge is -2.44. The van der Waals surface area contributed by atoms with Crippen LogP contribution in [0.15, 0.2) is 16.9 Å². The van der Waals surface area contributed by atoms with Crippen molar-refractivity contribution in [1.82, 2.24) is 14.4 Å². The van der Waals surface area contributed by atoms with Gasteiger partial charge in [-0.05, 0) is 50.2 Å². The largest absolute Gasteiger partial charge is 0.471 e. The summed E-state index contributed by atoms with van der Waals surface area (Å²) in [7, 11) is 0. The third-order valence-corrected chi connectivity index (χ3v) is 8.47. The lowest BCUT2D eigenvalue weighted by molar-refractivity contribution is -0.194. The standard InChI is InChI=1S/C26H36F3N3O4.CHF3/c1-16(2)25(23(34)30-8-9-31-20(14-30)11-17(3)12-22(31)33)7-5-19(13-25)32(24(35)26(27,28)29)21-6-10-36-15-18(21)4;2-1(3)4/h11-12,16,18-19,21H,5-10,13-15H2,1-4H3;1H/t18?,19-,21?,25+;/m1./s1. The Balaban J connectivity index is 0.00000103. The number of halogens is 6. The molecule has 1 aromatic rings. The van der Waals surface area contributed by atoms with Gasteiger partial charge in [0.2, 0.25) is 5.91 Å². The summed E-state index contributed by atoms with van der Waals surface area (Å²) in [6.45, 7) is 5.50. The van der Waals surface area contributed by atoms with E-state index >= 15 is 0 Å². The van der Waals surface area contributed by atoms with E-state index in [4.69, 9.17) is 4.74 Å². The van der Waals surface area contributed by atoms with E-state index in [-0.39, 0.29) is 36.3 Å². The second-order valence-corrected chi connectivity index (χ2v) is 11.3. The first-order chi connectivity index (χ1) is 18.6. The number of carbonyl (C=O) groups is 2. The number of ether oxygens (including phenoxy) is 1. The van der Waals surface area contributed by atoms with Crippen LogP contribution in [-0.4, -0.2) is 70.9 Å². The lowest BCUT2D eigenvalue weighted by Crippen LogP contribution is -2.56. The summed E-state index contributed by atoms with van der Waals surface area (Å²) in [6.07, 6.45) is -3.66. The first-order valence-corrected chi connectivity index (χ1v) is 13.5. The Bertz CT molecular complexity index is 1120. The molecule has 13 heteroatoms. The molecule has 0 N–H and O–H groups in total. The van der Waals surface area contributed by atoms with Crippen molar-refractivity contribution in [1.29, 1.82) is 0 Å². The summed E-state index contributed by atoms with van der Waals surface area (Å²) in [6, 6.07) is 2.23. The van der Waals surface area contributed by atoms with Gasteiger partial charge in [-0.15, -0.1) is 0 Å². The molecular weight excluding hydrogens is 544 g/mol. The molecule has 0 radical (unpaired) electrons. The minimum Gasteiger partial charge on any atom is -0.381 e. The molecule has 3 heterocycles. The Hall–Kier alpha value is -2.57. The Morgan fingerprint density at radius 1 is 1.12 bits per heavy atom. The fraction of sp³-hybridized carbons (Fsp3) is 0.741. The maximum Gasteiger partial charge on any atom is 0.471 e.